The van der Waals surface area contributed by atoms with Crippen LogP contribution in [0.25, 0.3) is 10.1 Å². The van der Waals surface area contributed by atoms with Crippen LogP contribution in [0.4, 0.5) is 0 Å². The summed E-state index contributed by atoms with van der Waals surface area (Å²) >= 11 is 1.11. The van der Waals surface area contributed by atoms with E-state index in [1.54, 1.807) is 19.1 Å². The van der Waals surface area contributed by atoms with Crippen molar-refractivity contribution in [2.75, 3.05) is 0 Å². The molecule has 0 saturated heterocycles. The van der Waals surface area contributed by atoms with Gasteiger partial charge in [0.1, 0.15) is 10.6 Å². The van der Waals surface area contributed by atoms with Gasteiger partial charge in [0.2, 0.25) is 0 Å². The van der Waals surface area contributed by atoms with Crippen LogP contribution in [0.15, 0.2) is 18.2 Å². The first kappa shape index (κ1) is 9.02. The first-order chi connectivity index (χ1) is 6.61. The Kier molecular flexibility index (Phi) is 1.93. The molecule has 0 radical (unpaired) electrons. The van der Waals surface area contributed by atoms with E-state index in [9.17, 15) is 9.90 Å². The summed E-state index contributed by atoms with van der Waals surface area (Å²) in [6.45, 7) is 1.75. The number of fused-ring (bicyclic) bond motifs is 1. The largest absolute Gasteiger partial charge is 0.506 e. The Hall–Kier alpha value is -1.55. The van der Waals surface area contributed by atoms with E-state index in [4.69, 9.17) is 5.11 Å². The Morgan fingerprint density at radius 1 is 1.43 bits per heavy atom. The third kappa shape index (κ3) is 1.15. The van der Waals surface area contributed by atoms with Gasteiger partial charge in [0.25, 0.3) is 0 Å². The first-order valence-corrected chi connectivity index (χ1v) is 4.87. The summed E-state index contributed by atoms with van der Waals surface area (Å²) in [5.74, 6) is -0.800. The SMILES string of the molecule is Cc1c(C(=O)O)sc2c(O)cccc12. The Bertz CT molecular complexity index is 513. The molecule has 0 unspecified atom stereocenters. The zero-order valence-corrected chi connectivity index (χ0v) is 8.26. The molecule has 4 heteroatoms. The molecular weight excluding hydrogens is 200 g/mol. The fraction of sp³-hybridized carbons (Fsp3) is 0.100. The van der Waals surface area contributed by atoms with Gasteiger partial charge in [-0.25, -0.2) is 4.79 Å². The first-order valence-electron chi connectivity index (χ1n) is 4.05. The average Bonchev–Trinajstić information content (AvgIpc) is 2.46. The van der Waals surface area contributed by atoms with Gasteiger partial charge < -0.3 is 10.2 Å². The third-order valence-corrected chi connectivity index (χ3v) is 3.46. The number of carboxylic acid groups (broad SMARTS) is 1. The van der Waals surface area contributed by atoms with Crippen LogP contribution in [0.1, 0.15) is 15.2 Å². The molecule has 0 saturated carbocycles. The Balaban J connectivity index is 2.86. The molecular formula is C10H8O3S. The van der Waals surface area contributed by atoms with Crippen LogP contribution < -0.4 is 0 Å². The molecule has 2 rings (SSSR count). The normalized spacial score (nSPS) is 10.6. The van der Waals surface area contributed by atoms with Crippen LogP contribution in [0.5, 0.6) is 5.75 Å². The number of carbonyl (C=O) groups is 1. The van der Waals surface area contributed by atoms with E-state index in [1.165, 1.54) is 0 Å². The predicted molar refractivity (Wildman–Crippen MR) is 55.2 cm³/mol. The van der Waals surface area contributed by atoms with Gasteiger partial charge in [-0.2, -0.15) is 0 Å². The quantitative estimate of drug-likeness (QED) is 0.757. The van der Waals surface area contributed by atoms with Gasteiger partial charge in [-0.1, -0.05) is 12.1 Å². The number of phenols is 1. The van der Waals surface area contributed by atoms with Crippen LogP contribution in [-0.4, -0.2) is 16.2 Å². The van der Waals surface area contributed by atoms with Gasteiger partial charge in [0, 0.05) is 5.39 Å². The molecule has 1 heterocycles. The number of rotatable bonds is 1. The number of phenolic OH excluding ortho intramolecular Hbond substituents is 1. The number of aromatic hydroxyl groups is 1. The lowest BCUT2D eigenvalue weighted by atomic mass is 10.1. The highest BCUT2D eigenvalue weighted by Crippen LogP contribution is 2.36. The molecule has 0 aliphatic rings. The molecule has 2 aromatic rings. The Labute approximate surface area is 84.2 Å². The molecule has 0 fully saturated rings. The molecule has 2 N–H and O–H groups in total. The molecule has 0 bridgehead atoms. The van der Waals surface area contributed by atoms with Gasteiger partial charge in [0.05, 0.1) is 4.70 Å². The summed E-state index contributed by atoms with van der Waals surface area (Å²) in [6.07, 6.45) is 0. The van der Waals surface area contributed by atoms with Crippen molar-refractivity contribution in [1.29, 1.82) is 0 Å². The number of carboxylic acids is 1. The van der Waals surface area contributed by atoms with E-state index in [2.05, 4.69) is 0 Å². The summed E-state index contributed by atoms with van der Waals surface area (Å²) in [4.78, 5) is 11.1. The van der Waals surface area contributed by atoms with E-state index in [0.29, 0.717) is 15.1 Å². The lowest BCUT2D eigenvalue weighted by molar-refractivity contribution is 0.0701. The van der Waals surface area contributed by atoms with Crippen molar-refractivity contribution in [1.82, 2.24) is 0 Å². The molecule has 3 nitrogen and oxygen atoms in total. The number of aryl methyl sites for hydroxylation is 1. The van der Waals surface area contributed by atoms with Gasteiger partial charge in [-0.15, -0.1) is 11.3 Å². The minimum atomic E-state index is -0.942. The van der Waals surface area contributed by atoms with Crippen molar-refractivity contribution in [2.24, 2.45) is 0 Å². The van der Waals surface area contributed by atoms with Crippen LogP contribution >= 0.6 is 11.3 Å². The number of hydrogen-bond acceptors (Lipinski definition) is 3. The summed E-state index contributed by atoms with van der Waals surface area (Å²) in [5.41, 5.74) is 0.716. The van der Waals surface area contributed by atoms with E-state index in [1.807, 2.05) is 6.07 Å². The van der Waals surface area contributed by atoms with E-state index < -0.39 is 5.97 Å². The van der Waals surface area contributed by atoms with Gasteiger partial charge in [-0.3, -0.25) is 0 Å². The van der Waals surface area contributed by atoms with Crippen molar-refractivity contribution in [3.8, 4) is 5.75 Å². The van der Waals surface area contributed by atoms with Crippen molar-refractivity contribution >= 4 is 27.4 Å². The average molecular weight is 208 g/mol. The summed E-state index contributed by atoms with van der Waals surface area (Å²) in [7, 11) is 0. The standard InChI is InChI=1S/C10H8O3S/c1-5-6-3-2-4-7(11)9(6)14-8(5)10(12)13/h2-4,11H,1H3,(H,12,13). The smallest absolute Gasteiger partial charge is 0.346 e. The maximum Gasteiger partial charge on any atom is 0.346 e. The second kappa shape index (κ2) is 2.99. The molecule has 0 aliphatic carbocycles. The molecule has 0 aliphatic heterocycles. The third-order valence-electron chi connectivity index (χ3n) is 2.14. The Morgan fingerprint density at radius 2 is 2.14 bits per heavy atom. The predicted octanol–water partition coefficient (Wildman–Crippen LogP) is 2.61. The van der Waals surface area contributed by atoms with E-state index in [-0.39, 0.29) is 5.75 Å². The molecule has 1 aromatic heterocycles. The molecule has 0 spiro atoms. The molecule has 72 valence electrons. The summed E-state index contributed by atoms with van der Waals surface area (Å²) in [6, 6.07) is 5.08. The second-order valence-electron chi connectivity index (χ2n) is 3.02. The summed E-state index contributed by atoms with van der Waals surface area (Å²) in [5, 5.41) is 19.2. The number of aromatic carboxylic acids is 1. The highest BCUT2D eigenvalue weighted by Gasteiger charge is 2.15. The highest BCUT2D eigenvalue weighted by atomic mass is 32.1. The monoisotopic (exact) mass is 208 g/mol. The molecule has 0 amide bonds. The van der Waals surface area contributed by atoms with Crippen LogP contribution in [0.2, 0.25) is 0 Å². The topological polar surface area (TPSA) is 57.5 Å². The highest BCUT2D eigenvalue weighted by molar-refractivity contribution is 7.21. The lowest BCUT2D eigenvalue weighted by Crippen LogP contribution is -1.93. The van der Waals surface area contributed by atoms with E-state index >= 15 is 0 Å². The minimum Gasteiger partial charge on any atom is -0.506 e. The van der Waals surface area contributed by atoms with Gasteiger partial charge >= 0.3 is 5.97 Å². The molecule has 1 aromatic carbocycles. The zero-order valence-electron chi connectivity index (χ0n) is 7.44. The maximum absolute atomic E-state index is 10.8. The van der Waals surface area contributed by atoms with Gasteiger partial charge in [0.15, 0.2) is 0 Å². The number of thiophene rings is 1. The fourth-order valence-electron chi connectivity index (χ4n) is 1.43. The van der Waals surface area contributed by atoms with Crippen molar-refractivity contribution in [3.05, 3.63) is 28.6 Å². The van der Waals surface area contributed by atoms with Crippen LogP contribution in [0, 0.1) is 6.92 Å². The summed E-state index contributed by atoms with van der Waals surface area (Å²) < 4.78 is 0.641. The second-order valence-corrected chi connectivity index (χ2v) is 4.04. The van der Waals surface area contributed by atoms with Crippen LogP contribution in [-0.2, 0) is 0 Å². The number of benzene rings is 1. The minimum absolute atomic E-state index is 0.142. The molecule has 14 heavy (non-hydrogen) atoms. The lowest BCUT2D eigenvalue weighted by Gasteiger charge is -1.93. The molecule has 0 atom stereocenters. The van der Waals surface area contributed by atoms with Crippen molar-refractivity contribution in [3.63, 3.8) is 0 Å². The van der Waals surface area contributed by atoms with Crippen LogP contribution in [0.3, 0.4) is 0 Å². The van der Waals surface area contributed by atoms with Crippen molar-refractivity contribution < 1.29 is 15.0 Å². The number of hydrogen-bond donors (Lipinski definition) is 2. The zero-order chi connectivity index (χ0) is 10.3. The van der Waals surface area contributed by atoms with Crippen molar-refractivity contribution in [2.45, 2.75) is 6.92 Å². The maximum atomic E-state index is 10.8. The van der Waals surface area contributed by atoms with E-state index in [0.717, 1.165) is 16.7 Å². The Morgan fingerprint density at radius 3 is 2.71 bits per heavy atom. The van der Waals surface area contributed by atoms with Gasteiger partial charge in [-0.05, 0) is 18.6 Å². The fourth-order valence-corrected chi connectivity index (χ4v) is 2.49.